The molecule has 8 aromatic rings. The highest BCUT2D eigenvalue weighted by Gasteiger charge is 2.39. The van der Waals surface area contributed by atoms with Crippen LogP contribution in [0.5, 0.6) is 0 Å². The van der Waals surface area contributed by atoms with Gasteiger partial charge in [0.25, 0.3) is 0 Å². The van der Waals surface area contributed by atoms with E-state index in [0.717, 1.165) is 16.9 Å². The molecule has 1 aliphatic heterocycles. The summed E-state index contributed by atoms with van der Waals surface area (Å²) in [6, 6.07) is 66.4. The minimum Gasteiger partial charge on any atom is -0.310 e. The van der Waals surface area contributed by atoms with Crippen LogP contribution in [0.15, 0.2) is 189 Å². The third kappa shape index (κ3) is 5.33. The van der Waals surface area contributed by atoms with E-state index in [1.54, 1.807) is 0 Å². The molecule has 0 spiro atoms. The molecule has 0 unspecified atom stereocenters. The fraction of sp³-hybridized carbons (Fsp3) is 0.0741. The van der Waals surface area contributed by atoms with Gasteiger partial charge in [0.1, 0.15) is 0 Å². The Kier molecular flexibility index (Phi) is 7.90. The van der Waals surface area contributed by atoms with Crippen molar-refractivity contribution in [1.82, 2.24) is 0 Å². The predicted molar refractivity (Wildman–Crippen MR) is 238 cm³/mol. The highest BCUT2D eigenvalue weighted by Crippen LogP contribution is 2.62. The Balaban J connectivity index is 1.19. The van der Waals surface area contributed by atoms with Crippen LogP contribution in [0.25, 0.3) is 50.6 Å². The molecule has 0 atom stereocenters. The molecular weight excluding hydrogens is 677 g/mol. The topological polar surface area (TPSA) is 6.25 Å². The van der Waals surface area contributed by atoms with E-state index in [1.165, 1.54) is 83.9 Å². The first-order valence-electron chi connectivity index (χ1n) is 19.5. The van der Waals surface area contributed by atoms with E-state index in [2.05, 4.69) is 219 Å². The average molecular weight is 719 g/mol. The number of aryl methyl sites for hydroxylation is 1. The SMILES string of the molecule is C=Cc1ccccc1-c1c(C)ccc2c1N2c1ccc(N(c2cccc(-c3ccccc3)c2)c2cccc3c2-c2ccccc2C3(C)C)cc1-c1ccccc1. The lowest BCUT2D eigenvalue weighted by Crippen LogP contribution is -2.16. The van der Waals surface area contributed by atoms with Crippen molar-refractivity contribution in [2.75, 3.05) is 9.80 Å². The molecule has 8 aromatic carbocycles. The molecule has 0 saturated carbocycles. The minimum atomic E-state index is -0.121. The number of benzene rings is 8. The summed E-state index contributed by atoms with van der Waals surface area (Å²) < 4.78 is 0. The third-order valence-corrected chi connectivity index (χ3v) is 11.8. The van der Waals surface area contributed by atoms with Crippen molar-refractivity contribution in [2.45, 2.75) is 26.2 Å². The molecule has 0 saturated heterocycles. The second-order valence-corrected chi connectivity index (χ2v) is 15.4. The Morgan fingerprint density at radius 1 is 0.500 bits per heavy atom. The Morgan fingerprint density at radius 3 is 1.91 bits per heavy atom. The standard InChI is InChI=1S/C54H42N2/c1-5-37-18-12-13-25-43(37)51-36(2)30-32-50-53(51)56(50)48-33-31-42(35-45(48)39-21-10-7-11-22-39)55(41-24-16-23-40(34-41)38-19-8-6-9-20-38)49-29-17-28-47-52(49)44-26-14-15-27-46(44)54(47,3)4/h5-35H,1H2,2-4H3. The van der Waals surface area contributed by atoms with Crippen molar-refractivity contribution in [1.29, 1.82) is 0 Å². The van der Waals surface area contributed by atoms with Gasteiger partial charge in [-0.3, -0.25) is 0 Å². The quantitative estimate of drug-likeness (QED) is 0.144. The van der Waals surface area contributed by atoms with Gasteiger partial charge < -0.3 is 9.80 Å². The minimum absolute atomic E-state index is 0.121. The lowest BCUT2D eigenvalue weighted by molar-refractivity contribution is 0.660. The third-order valence-electron chi connectivity index (χ3n) is 11.8. The van der Waals surface area contributed by atoms with Gasteiger partial charge in [-0.25, -0.2) is 0 Å². The van der Waals surface area contributed by atoms with E-state index in [1.807, 2.05) is 6.08 Å². The number of anilines is 6. The summed E-state index contributed by atoms with van der Waals surface area (Å²) in [5.74, 6) is 0. The number of hydrogen-bond donors (Lipinski definition) is 0. The van der Waals surface area contributed by atoms with E-state index in [0.29, 0.717) is 0 Å². The molecule has 0 amide bonds. The first-order chi connectivity index (χ1) is 27.4. The van der Waals surface area contributed by atoms with Gasteiger partial charge in [0.15, 0.2) is 0 Å². The van der Waals surface area contributed by atoms with Gasteiger partial charge in [-0.2, -0.15) is 0 Å². The highest BCUT2D eigenvalue weighted by atomic mass is 15.3. The van der Waals surface area contributed by atoms with Crippen molar-refractivity contribution < 1.29 is 0 Å². The molecule has 0 fully saturated rings. The molecule has 2 aliphatic rings. The van der Waals surface area contributed by atoms with Crippen LogP contribution < -0.4 is 9.80 Å². The molecule has 2 heteroatoms. The van der Waals surface area contributed by atoms with Crippen molar-refractivity contribution in [2.24, 2.45) is 0 Å². The Hall–Kier alpha value is -6.90. The van der Waals surface area contributed by atoms with Crippen molar-refractivity contribution >= 4 is 40.2 Å². The largest absolute Gasteiger partial charge is 0.310 e. The van der Waals surface area contributed by atoms with E-state index < -0.39 is 0 Å². The smallest absolute Gasteiger partial charge is 0.0785 e. The molecule has 268 valence electrons. The van der Waals surface area contributed by atoms with Crippen molar-refractivity contribution in [3.63, 3.8) is 0 Å². The van der Waals surface area contributed by atoms with Gasteiger partial charge >= 0.3 is 0 Å². The lowest BCUT2D eigenvalue weighted by Gasteiger charge is -2.30. The van der Waals surface area contributed by atoms with Gasteiger partial charge in [0.05, 0.1) is 22.7 Å². The maximum Gasteiger partial charge on any atom is 0.0785 e. The van der Waals surface area contributed by atoms with E-state index >= 15 is 0 Å². The molecule has 0 aromatic heterocycles. The Bertz CT molecular complexity index is 2810. The van der Waals surface area contributed by atoms with E-state index in [-0.39, 0.29) is 5.41 Å². The number of rotatable bonds is 8. The summed E-state index contributed by atoms with van der Waals surface area (Å²) in [5, 5.41) is 0. The Morgan fingerprint density at radius 2 is 1.12 bits per heavy atom. The zero-order chi connectivity index (χ0) is 38.0. The molecule has 0 radical (unpaired) electrons. The second-order valence-electron chi connectivity index (χ2n) is 15.4. The maximum atomic E-state index is 4.15. The number of nitrogens with zero attached hydrogens (tertiary/aromatic N) is 2. The van der Waals surface area contributed by atoms with Crippen LogP contribution in [0.1, 0.15) is 36.1 Å². The zero-order valence-electron chi connectivity index (χ0n) is 32.0. The average Bonchev–Trinajstić information content (AvgIpc) is 3.92. The van der Waals surface area contributed by atoms with Gasteiger partial charge in [0.2, 0.25) is 0 Å². The molecule has 2 nitrogen and oxygen atoms in total. The molecule has 10 rings (SSSR count). The predicted octanol–water partition coefficient (Wildman–Crippen LogP) is 15.2. The Labute approximate surface area is 330 Å². The van der Waals surface area contributed by atoms with Crippen LogP contribution in [0.3, 0.4) is 0 Å². The van der Waals surface area contributed by atoms with E-state index in [4.69, 9.17) is 0 Å². The first kappa shape index (κ1) is 33.7. The fourth-order valence-electron chi connectivity index (χ4n) is 9.05. The summed E-state index contributed by atoms with van der Waals surface area (Å²) in [7, 11) is 0. The molecule has 0 N–H and O–H groups in total. The van der Waals surface area contributed by atoms with Gasteiger partial charge in [-0.15, -0.1) is 0 Å². The summed E-state index contributed by atoms with van der Waals surface area (Å²) in [6.45, 7) is 11.1. The van der Waals surface area contributed by atoms with Crippen LogP contribution in [-0.2, 0) is 5.41 Å². The summed E-state index contributed by atoms with van der Waals surface area (Å²) in [4.78, 5) is 4.92. The van der Waals surface area contributed by atoms with Gasteiger partial charge in [-0.1, -0.05) is 166 Å². The summed E-state index contributed by atoms with van der Waals surface area (Å²) in [6.07, 6.45) is 1.96. The second kappa shape index (κ2) is 13.1. The molecule has 56 heavy (non-hydrogen) atoms. The van der Waals surface area contributed by atoms with Crippen LogP contribution in [0.2, 0.25) is 0 Å². The zero-order valence-corrected chi connectivity index (χ0v) is 32.0. The van der Waals surface area contributed by atoms with Crippen molar-refractivity contribution in [3.8, 4) is 44.5 Å². The van der Waals surface area contributed by atoms with Crippen molar-refractivity contribution in [3.05, 3.63) is 211 Å². The number of fused-ring (bicyclic) bond motifs is 4. The molecule has 1 aliphatic carbocycles. The molecule has 0 bridgehead atoms. The molecular formula is C54H42N2. The first-order valence-corrected chi connectivity index (χ1v) is 19.5. The lowest BCUT2D eigenvalue weighted by atomic mass is 9.82. The van der Waals surface area contributed by atoms with Crippen LogP contribution in [0.4, 0.5) is 34.1 Å². The van der Waals surface area contributed by atoms with Gasteiger partial charge in [0, 0.05) is 33.5 Å². The van der Waals surface area contributed by atoms with Crippen LogP contribution in [-0.4, -0.2) is 0 Å². The maximum absolute atomic E-state index is 4.15. The highest BCUT2D eigenvalue weighted by molar-refractivity contribution is 6.13. The van der Waals surface area contributed by atoms with Crippen LogP contribution >= 0.6 is 0 Å². The number of hydrogen-bond acceptors (Lipinski definition) is 2. The normalized spacial score (nSPS) is 13.1. The van der Waals surface area contributed by atoms with E-state index in [9.17, 15) is 0 Å². The monoisotopic (exact) mass is 718 g/mol. The molecule has 1 heterocycles. The summed E-state index contributed by atoms with van der Waals surface area (Å²) >= 11 is 0. The van der Waals surface area contributed by atoms with Gasteiger partial charge in [-0.05, 0) is 99.5 Å². The van der Waals surface area contributed by atoms with Crippen LogP contribution in [0, 0.1) is 6.92 Å². The fourth-order valence-corrected chi connectivity index (χ4v) is 9.05. The summed E-state index contributed by atoms with van der Waals surface area (Å²) in [5.41, 5.74) is 21.9.